The molecule has 0 unspecified atom stereocenters. The Hall–Kier alpha value is -3.55. The fourth-order valence-electron chi connectivity index (χ4n) is 3.49. The number of nitrogens with one attached hydrogen (secondary N) is 1. The lowest BCUT2D eigenvalue weighted by Gasteiger charge is -2.36. The number of aromatic amines is 1. The zero-order valence-corrected chi connectivity index (χ0v) is 14.7. The maximum atomic E-state index is 4.60. The van der Waals surface area contributed by atoms with Gasteiger partial charge in [0.25, 0.3) is 0 Å². The van der Waals surface area contributed by atoms with Crippen LogP contribution in [0.1, 0.15) is 0 Å². The van der Waals surface area contributed by atoms with Gasteiger partial charge in [-0.25, -0.2) is 15.0 Å². The molecule has 1 fully saturated rings. The second-order valence-electron chi connectivity index (χ2n) is 6.45. The molecule has 0 saturated carbocycles. The third-order valence-corrected chi connectivity index (χ3v) is 4.90. The molecule has 5 rings (SSSR count). The fourth-order valence-corrected chi connectivity index (χ4v) is 3.49. The van der Waals surface area contributed by atoms with Crippen molar-refractivity contribution in [2.45, 2.75) is 0 Å². The summed E-state index contributed by atoms with van der Waals surface area (Å²) in [5.74, 6) is 1.90. The van der Waals surface area contributed by atoms with Gasteiger partial charge < -0.3 is 9.80 Å². The van der Waals surface area contributed by atoms with Crippen molar-refractivity contribution in [2.75, 3.05) is 36.0 Å². The summed E-state index contributed by atoms with van der Waals surface area (Å²) in [7, 11) is 0. The molecule has 0 spiro atoms. The number of fused-ring (bicyclic) bond motifs is 1. The number of piperazine rings is 1. The summed E-state index contributed by atoms with van der Waals surface area (Å²) in [6, 6.07) is 6.25. The first-order chi connectivity index (χ1) is 13.4. The van der Waals surface area contributed by atoms with E-state index >= 15 is 0 Å². The molecule has 0 atom stereocenters. The van der Waals surface area contributed by atoms with Crippen molar-refractivity contribution in [1.29, 1.82) is 0 Å². The summed E-state index contributed by atoms with van der Waals surface area (Å²) < 4.78 is 0. The molecule has 1 aliphatic rings. The molecule has 8 nitrogen and oxygen atoms in total. The molecule has 27 heavy (non-hydrogen) atoms. The predicted octanol–water partition coefficient (Wildman–Crippen LogP) is 2.14. The van der Waals surface area contributed by atoms with Crippen LogP contribution in [0.15, 0.2) is 55.5 Å². The summed E-state index contributed by atoms with van der Waals surface area (Å²) in [6.07, 6.45) is 10.6. The van der Waals surface area contributed by atoms with Crippen molar-refractivity contribution in [3.8, 4) is 11.1 Å². The minimum atomic E-state index is 0.874. The van der Waals surface area contributed by atoms with Crippen LogP contribution in [0, 0.1) is 0 Å². The molecule has 0 radical (unpaired) electrons. The second kappa shape index (κ2) is 6.64. The topological polar surface area (TPSA) is 86.7 Å². The minimum Gasteiger partial charge on any atom is -0.352 e. The van der Waals surface area contributed by atoms with Crippen molar-refractivity contribution >= 4 is 22.5 Å². The van der Waals surface area contributed by atoms with Crippen LogP contribution in [-0.2, 0) is 0 Å². The van der Waals surface area contributed by atoms with Gasteiger partial charge >= 0.3 is 0 Å². The standard InChI is InChI=1S/C19H18N8/c1-2-17-16(9-14(1)15-10-24-25-11-15)19(23-13-22-17)27-7-5-26(6-8-27)18-12-20-3-4-21-18/h1-4,9-13H,5-8H2,(H,24,25). The van der Waals surface area contributed by atoms with E-state index in [4.69, 9.17) is 0 Å². The molecule has 1 aromatic carbocycles. The lowest BCUT2D eigenvalue weighted by molar-refractivity contribution is 0.642. The van der Waals surface area contributed by atoms with Gasteiger partial charge in [-0.2, -0.15) is 5.10 Å². The lowest BCUT2D eigenvalue weighted by Crippen LogP contribution is -2.47. The first-order valence-corrected chi connectivity index (χ1v) is 8.88. The Bertz CT molecular complexity index is 1040. The third kappa shape index (κ3) is 2.95. The van der Waals surface area contributed by atoms with E-state index < -0.39 is 0 Å². The molecular formula is C19H18N8. The molecule has 1 aliphatic heterocycles. The second-order valence-corrected chi connectivity index (χ2v) is 6.45. The largest absolute Gasteiger partial charge is 0.352 e. The van der Waals surface area contributed by atoms with Gasteiger partial charge in [0.2, 0.25) is 0 Å². The quantitative estimate of drug-likeness (QED) is 0.600. The van der Waals surface area contributed by atoms with Crippen molar-refractivity contribution in [1.82, 2.24) is 30.1 Å². The summed E-state index contributed by atoms with van der Waals surface area (Å²) >= 11 is 0. The summed E-state index contributed by atoms with van der Waals surface area (Å²) in [4.78, 5) is 22.2. The molecule has 0 amide bonds. The summed E-state index contributed by atoms with van der Waals surface area (Å²) in [5.41, 5.74) is 3.10. The highest BCUT2D eigenvalue weighted by Gasteiger charge is 2.21. The smallest absolute Gasteiger partial charge is 0.147 e. The average molecular weight is 358 g/mol. The average Bonchev–Trinajstić information content (AvgIpc) is 3.29. The number of hydrogen-bond acceptors (Lipinski definition) is 7. The van der Waals surface area contributed by atoms with Crippen LogP contribution in [-0.4, -0.2) is 56.3 Å². The Morgan fingerprint density at radius 1 is 0.852 bits per heavy atom. The van der Waals surface area contributed by atoms with Gasteiger partial charge in [0.1, 0.15) is 18.0 Å². The molecule has 1 saturated heterocycles. The van der Waals surface area contributed by atoms with Crippen LogP contribution in [0.5, 0.6) is 0 Å². The molecule has 4 heterocycles. The van der Waals surface area contributed by atoms with Crippen LogP contribution in [0.3, 0.4) is 0 Å². The maximum Gasteiger partial charge on any atom is 0.147 e. The van der Waals surface area contributed by atoms with Crippen molar-refractivity contribution in [3.63, 3.8) is 0 Å². The van der Waals surface area contributed by atoms with Gasteiger partial charge in [0, 0.05) is 55.7 Å². The number of H-pyrrole nitrogens is 1. The van der Waals surface area contributed by atoms with Crippen LogP contribution in [0.2, 0.25) is 0 Å². The summed E-state index contributed by atoms with van der Waals surface area (Å²) in [6.45, 7) is 3.51. The predicted molar refractivity (Wildman–Crippen MR) is 104 cm³/mol. The molecule has 1 N–H and O–H groups in total. The molecule has 4 aromatic rings. The molecule has 3 aromatic heterocycles. The van der Waals surface area contributed by atoms with Crippen molar-refractivity contribution in [2.24, 2.45) is 0 Å². The number of aromatic nitrogens is 6. The van der Waals surface area contributed by atoms with Crippen LogP contribution >= 0.6 is 0 Å². The van der Waals surface area contributed by atoms with Gasteiger partial charge in [-0.15, -0.1) is 0 Å². The third-order valence-electron chi connectivity index (χ3n) is 4.90. The lowest BCUT2D eigenvalue weighted by atomic mass is 10.1. The van der Waals surface area contributed by atoms with Gasteiger partial charge in [0.05, 0.1) is 17.9 Å². The number of rotatable bonds is 3. The molecule has 0 aliphatic carbocycles. The number of anilines is 2. The van der Waals surface area contributed by atoms with Crippen molar-refractivity contribution < 1.29 is 0 Å². The van der Waals surface area contributed by atoms with E-state index in [0.717, 1.165) is 59.8 Å². The highest BCUT2D eigenvalue weighted by Crippen LogP contribution is 2.29. The van der Waals surface area contributed by atoms with Crippen LogP contribution < -0.4 is 9.80 Å². The van der Waals surface area contributed by atoms with E-state index in [2.05, 4.69) is 52.1 Å². The zero-order chi connectivity index (χ0) is 18.1. The fraction of sp³-hybridized carbons (Fsp3) is 0.211. The van der Waals surface area contributed by atoms with Gasteiger partial charge in [-0.3, -0.25) is 10.1 Å². The Balaban J connectivity index is 1.44. The normalized spacial score (nSPS) is 14.7. The minimum absolute atomic E-state index is 0.874. The van der Waals surface area contributed by atoms with Crippen LogP contribution in [0.25, 0.3) is 22.0 Å². The Morgan fingerprint density at radius 2 is 1.74 bits per heavy atom. The van der Waals surface area contributed by atoms with E-state index in [0.29, 0.717) is 0 Å². The van der Waals surface area contributed by atoms with E-state index in [1.165, 1.54) is 0 Å². The molecule has 8 heteroatoms. The number of nitrogens with zero attached hydrogens (tertiary/aromatic N) is 7. The highest BCUT2D eigenvalue weighted by atomic mass is 15.3. The monoisotopic (exact) mass is 358 g/mol. The zero-order valence-electron chi connectivity index (χ0n) is 14.7. The van der Waals surface area contributed by atoms with E-state index in [1.807, 2.05) is 24.7 Å². The molecule has 134 valence electrons. The Labute approximate surface area is 155 Å². The SMILES string of the molecule is c1cnc(N2CCN(c3ncnc4ccc(-c5cn[nH]c5)cc34)CC2)cn1. The van der Waals surface area contributed by atoms with Crippen LogP contribution in [0.4, 0.5) is 11.6 Å². The van der Waals surface area contributed by atoms with Gasteiger partial charge in [-0.05, 0) is 17.7 Å². The Kier molecular flexibility index (Phi) is 3.86. The van der Waals surface area contributed by atoms with Gasteiger partial charge in [-0.1, -0.05) is 6.07 Å². The van der Waals surface area contributed by atoms with E-state index in [9.17, 15) is 0 Å². The number of hydrogen-bond donors (Lipinski definition) is 1. The molecule has 0 bridgehead atoms. The number of benzene rings is 1. The van der Waals surface area contributed by atoms with E-state index in [1.54, 1.807) is 18.7 Å². The Morgan fingerprint density at radius 3 is 2.52 bits per heavy atom. The first kappa shape index (κ1) is 15.7. The summed E-state index contributed by atoms with van der Waals surface area (Å²) in [5, 5.41) is 7.97. The van der Waals surface area contributed by atoms with Crippen molar-refractivity contribution in [3.05, 3.63) is 55.5 Å². The highest BCUT2D eigenvalue weighted by molar-refractivity contribution is 5.92. The van der Waals surface area contributed by atoms with Gasteiger partial charge in [0.15, 0.2) is 0 Å². The first-order valence-electron chi connectivity index (χ1n) is 8.88. The maximum absolute atomic E-state index is 4.60. The molecular weight excluding hydrogens is 340 g/mol. The van der Waals surface area contributed by atoms with E-state index in [-0.39, 0.29) is 0 Å².